The van der Waals surface area contributed by atoms with Crippen LogP contribution in [-0.2, 0) is 16.0 Å². The third-order valence-corrected chi connectivity index (χ3v) is 3.67. The van der Waals surface area contributed by atoms with Crippen molar-refractivity contribution in [3.05, 3.63) is 29.8 Å². The molecular formula is C15H21NO3. The third-order valence-electron chi connectivity index (χ3n) is 3.67. The third kappa shape index (κ3) is 3.07. The van der Waals surface area contributed by atoms with Crippen molar-refractivity contribution in [1.82, 2.24) is 0 Å². The Morgan fingerprint density at radius 1 is 1.53 bits per heavy atom. The van der Waals surface area contributed by atoms with E-state index in [-0.39, 0.29) is 0 Å². The molecular weight excluding hydrogens is 242 g/mol. The number of aliphatic carboxylic acids is 1. The van der Waals surface area contributed by atoms with Crippen LogP contribution in [-0.4, -0.2) is 36.4 Å². The maximum absolute atomic E-state index is 11.2. The van der Waals surface area contributed by atoms with Gasteiger partial charge in [0.15, 0.2) is 6.10 Å². The molecule has 19 heavy (non-hydrogen) atoms. The van der Waals surface area contributed by atoms with Crippen molar-refractivity contribution in [1.29, 1.82) is 0 Å². The molecule has 0 saturated heterocycles. The molecule has 0 radical (unpaired) electrons. The van der Waals surface area contributed by atoms with Gasteiger partial charge in [0.25, 0.3) is 0 Å². The zero-order chi connectivity index (χ0) is 13.8. The van der Waals surface area contributed by atoms with Crippen LogP contribution in [0.15, 0.2) is 24.3 Å². The van der Waals surface area contributed by atoms with Crippen LogP contribution in [0.2, 0.25) is 0 Å². The van der Waals surface area contributed by atoms with Crippen molar-refractivity contribution in [2.24, 2.45) is 0 Å². The minimum Gasteiger partial charge on any atom is -0.479 e. The van der Waals surface area contributed by atoms with Crippen molar-refractivity contribution in [3.8, 4) is 0 Å². The van der Waals surface area contributed by atoms with Gasteiger partial charge in [0.2, 0.25) is 0 Å². The number of fused-ring (bicyclic) bond motifs is 1. The number of carbonyl (C=O) groups is 1. The molecule has 1 N–H and O–H groups in total. The number of nitrogens with zero attached hydrogens (tertiary/aromatic N) is 1. The molecule has 0 aliphatic carbocycles. The molecule has 1 aliphatic rings. The maximum atomic E-state index is 11.2. The van der Waals surface area contributed by atoms with Gasteiger partial charge in [0.05, 0.1) is 6.54 Å². The minimum atomic E-state index is -0.892. The fourth-order valence-electron chi connectivity index (χ4n) is 2.62. The second-order valence-corrected chi connectivity index (χ2v) is 4.95. The summed E-state index contributed by atoms with van der Waals surface area (Å²) in [5.74, 6) is -0.892. The van der Waals surface area contributed by atoms with Crippen molar-refractivity contribution in [2.75, 3.05) is 18.1 Å². The summed E-state index contributed by atoms with van der Waals surface area (Å²) in [6.07, 6.45) is 1.34. The molecule has 2 rings (SSSR count). The lowest BCUT2D eigenvalue weighted by Crippen LogP contribution is -2.45. The molecule has 0 spiro atoms. The topological polar surface area (TPSA) is 49.8 Å². The Hall–Kier alpha value is -1.55. The van der Waals surface area contributed by atoms with E-state index in [4.69, 9.17) is 4.74 Å². The molecule has 1 heterocycles. The van der Waals surface area contributed by atoms with Gasteiger partial charge in [-0.1, -0.05) is 18.2 Å². The molecule has 2 atom stereocenters. The SMILES string of the molecule is CCOC(CN1c2ccccc2CCC1C)C(=O)O. The summed E-state index contributed by atoms with van der Waals surface area (Å²) in [7, 11) is 0. The number of carboxylic acid groups (broad SMARTS) is 1. The van der Waals surface area contributed by atoms with Gasteiger partial charge in [-0.25, -0.2) is 4.79 Å². The molecule has 4 nitrogen and oxygen atoms in total. The lowest BCUT2D eigenvalue weighted by atomic mass is 9.96. The van der Waals surface area contributed by atoms with Crippen LogP contribution in [0.1, 0.15) is 25.8 Å². The quantitative estimate of drug-likeness (QED) is 0.885. The first-order valence-corrected chi connectivity index (χ1v) is 6.82. The van der Waals surface area contributed by atoms with Gasteiger partial charge in [-0.3, -0.25) is 0 Å². The highest BCUT2D eigenvalue weighted by molar-refractivity contribution is 5.73. The minimum absolute atomic E-state index is 0.345. The number of benzene rings is 1. The average Bonchev–Trinajstić information content (AvgIpc) is 2.40. The van der Waals surface area contributed by atoms with Crippen LogP contribution in [0, 0.1) is 0 Å². The monoisotopic (exact) mass is 263 g/mol. The van der Waals surface area contributed by atoms with Gasteiger partial charge in [-0.05, 0) is 38.3 Å². The van der Waals surface area contributed by atoms with E-state index in [1.54, 1.807) is 0 Å². The molecule has 0 bridgehead atoms. The molecule has 104 valence electrons. The van der Waals surface area contributed by atoms with Crippen molar-refractivity contribution in [2.45, 2.75) is 38.8 Å². The first-order chi connectivity index (χ1) is 9.13. The van der Waals surface area contributed by atoms with E-state index in [2.05, 4.69) is 24.0 Å². The van der Waals surface area contributed by atoms with E-state index in [1.807, 2.05) is 19.1 Å². The van der Waals surface area contributed by atoms with Gasteiger partial charge in [0, 0.05) is 18.3 Å². The van der Waals surface area contributed by atoms with Crippen molar-refractivity contribution >= 4 is 11.7 Å². The molecule has 1 aromatic rings. The van der Waals surface area contributed by atoms with Gasteiger partial charge in [-0.15, -0.1) is 0 Å². The van der Waals surface area contributed by atoms with Crippen LogP contribution in [0.25, 0.3) is 0 Å². The molecule has 0 aromatic heterocycles. The Morgan fingerprint density at radius 2 is 2.26 bits per heavy atom. The summed E-state index contributed by atoms with van der Waals surface area (Å²) in [6, 6.07) is 8.56. The largest absolute Gasteiger partial charge is 0.479 e. The van der Waals surface area contributed by atoms with Crippen LogP contribution >= 0.6 is 0 Å². The highest BCUT2D eigenvalue weighted by atomic mass is 16.5. The van der Waals surface area contributed by atoms with Crippen molar-refractivity contribution in [3.63, 3.8) is 0 Å². The molecule has 4 heteroatoms. The number of para-hydroxylation sites is 1. The number of anilines is 1. The summed E-state index contributed by atoms with van der Waals surface area (Å²) in [6.45, 7) is 4.78. The standard InChI is InChI=1S/C15H21NO3/c1-3-19-14(15(17)18)10-16-11(2)8-9-12-6-4-5-7-13(12)16/h4-7,11,14H,3,8-10H2,1-2H3,(H,17,18). The Balaban J connectivity index is 2.20. The summed E-state index contributed by atoms with van der Waals surface area (Å²) in [5.41, 5.74) is 2.44. The number of ether oxygens (including phenoxy) is 1. The number of aryl methyl sites for hydroxylation is 1. The highest BCUT2D eigenvalue weighted by Gasteiger charge is 2.28. The summed E-state index contributed by atoms with van der Waals surface area (Å²) in [4.78, 5) is 13.4. The van der Waals surface area contributed by atoms with E-state index in [0.717, 1.165) is 18.5 Å². The summed E-state index contributed by atoms with van der Waals surface area (Å²) < 4.78 is 5.33. The van der Waals surface area contributed by atoms with Gasteiger partial charge in [-0.2, -0.15) is 0 Å². The van der Waals surface area contributed by atoms with Crippen LogP contribution in [0.4, 0.5) is 5.69 Å². The van der Waals surface area contributed by atoms with E-state index in [1.165, 1.54) is 5.56 Å². The molecule has 0 amide bonds. The van der Waals surface area contributed by atoms with Crippen LogP contribution < -0.4 is 4.90 Å². The fourth-order valence-corrected chi connectivity index (χ4v) is 2.62. The number of hydrogen-bond acceptors (Lipinski definition) is 3. The molecule has 1 aliphatic heterocycles. The second-order valence-electron chi connectivity index (χ2n) is 4.95. The first kappa shape index (κ1) is 13.9. The zero-order valence-electron chi connectivity index (χ0n) is 11.5. The second kappa shape index (κ2) is 6.06. The van der Waals surface area contributed by atoms with Gasteiger partial charge < -0.3 is 14.7 Å². The van der Waals surface area contributed by atoms with E-state index >= 15 is 0 Å². The lowest BCUT2D eigenvalue weighted by molar-refractivity contribution is -0.149. The molecule has 2 unspecified atom stereocenters. The first-order valence-electron chi connectivity index (χ1n) is 6.82. The lowest BCUT2D eigenvalue weighted by Gasteiger charge is -2.38. The smallest absolute Gasteiger partial charge is 0.334 e. The van der Waals surface area contributed by atoms with Crippen LogP contribution in [0.5, 0.6) is 0 Å². The maximum Gasteiger partial charge on any atom is 0.334 e. The van der Waals surface area contributed by atoms with E-state index < -0.39 is 12.1 Å². The highest BCUT2D eigenvalue weighted by Crippen LogP contribution is 2.30. The van der Waals surface area contributed by atoms with Gasteiger partial charge in [0.1, 0.15) is 0 Å². The van der Waals surface area contributed by atoms with Crippen LogP contribution in [0.3, 0.4) is 0 Å². The van der Waals surface area contributed by atoms with E-state index in [0.29, 0.717) is 19.2 Å². The molecule has 1 aromatic carbocycles. The number of carboxylic acids is 1. The van der Waals surface area contributed by atoms with Crippen molar-refractivity contribution < 1.29 is 14.6 Å². The summed E-state index contributed by atoms with van der Waals surface area (Å²) >= 11 is 0. The molecule has 0 fully saturated rings. The predicted octanol–water partition coefficient (Wildman–Crippen LogP) is 2.32. The summed E-state index contributed by atoms with van der Waals surface area (Å²) in [5, 5.41) is 9.22. The zero-order valence-corrected chi connectivity index (χ0v) is 11.5. The Morgan fingerprint density at radius 3 is 2.95 bits per heavy atom. The Labute approximate surface area is 114 Å². The Bertz CT molecular complexity index is 447. The molecule has 0 saturated carbocycles. The van der Waals surface area contributed by atoms with Gasteiger partial charge >= 0.3 is 5.97 Å². The fraction of sp³-hybridized carbons (Fsp3) is 0.533. The average molecular weight is 263 g/mol. The normalized spacial score (nSPS) is 19.9. The number of rotatable bonds is 5. The Kier molecular flexibility index (Phi) is 4.43. The predicted molar refractivity (Wildman–Crippen MR) is 74.6 cm³/mol. The number of hydrogen-bond donors (Lipinski definition) is 1. The van der Waals surface area contributed by atoms with E-state index in [9.17, 15) is 9.90 Å².